The Hall–Kier alpha value is -3.08. The number of ether oxygens (including phenoxy) is 1. The SMILES string of the molecule is COc1ccc2c(C)c3c(ccc4oc([N+](=O)[O-])cc43)c(C)c2c1. The first kappa shape index (κ1) is 14.5. The molecule has 0 saturated heterocycles. The average Bonchev–Trinajstić information content (AvgIpc) is 3.03. The zero-order valence-electron chi connectivity index (χ0n) is 13.5. The lowest BCUT2D eigenvalue weighted by Gasteiger charge is -2.13. The Balaban J connectivity index is 2.21. The Labute approximate surface area is 137 Å². The molecule has 24 heavy (non-hydrogen) atoms. The number of rotatable bonds is 2. The van der Waals surface area contributed by atoms with E-state index in [2.05, 4.69) is 6.92 Å². The van der Waals surface area contributed by atoms with E-state index in [1.807, 2.05) is 31.2 Å². The van der Waals surface area contributed by atoms with Gasteiger partial charge in [0.15, 0.2) is 0 Å². The van der Waals surface area contributed by atoms with E-state index in [-0.39, 0.29) is 5.88 Å². The number of hydrogen-bond donors (Lipinski definition) is 0. The van der Waals surface area contributed by atoms with Crippen molar-refractivity contribution in [1.82, 2.24) is 0 Å². The normalized spacial score (nSPS) is 11.5. The Morgan fingerprint density at radius 2 is 1.71 bits per heavy atom. The third-order valence-corrected chi connectivity index (χ3v) is 4.68. The largest absolute Gasteiger partial charge is 0.497 e. The molecule has 1 aromatic heterocycles. The summed E-state index contributed by atoms with van der Waals surface area (Å²) in [4.78, 5) is 10.5. The van der Waals surface area contributed by atoms with E-state index < -0.39 is 4.92 Å². The molecule has 0 aliphatic carbocycles. The van der Waals surface area contributed by atoms with E-state index in [0.717, 1.165) is 43.8 Å². The average molecular weight is 321 g/mol. The summed E-state index contributed by atoms with van der Waals surface area (Å²) >= 11 is 0. The molecule has 0 aliphatic heterocycles. The molecule has 4 rings (SSSR count). The molecule has 3 aromatic carbocycles. The number of methoxy groups -OCH3 is 1. The molecule has 0 atom stereocenters. The fourth-order valence-corrected chi connectivity index (χ4v) is 3.47. The van der Waals surface area contributed by atoms with Crippen molar-refractivity contribution >= 4 is 38.4 Å². The van der Waals surface area contributed by atoms with Gasteiger partial charge in [-0.3, -0.25) is 10.1 Å². The van der Waals surface area contributed by atoms with E-state index in [1.165, 1.54) is 6.07 Å². The van der Waals surface area contributed by atoms with Crippen LogP contribution in [0.25, 0.3) is 32.5 Å². The number of hydrogen-bond acceptors (Lipinski definition) is 4. The van der Waals surface area contributed by atoms with Crippen molar-refractivity contribution in [2.75, 3.05) is 7.11 Å². The first-order valence-electron chi connectivity index (χ1n) is 7.59. The highest BCUT2D eigenvalue weighted by atomic mass is 16.6. The number of aryl methyl sites for hydroxylation is 2. The molecule has 0 N–H and O–H groups in total. The van der Waals surface area contributed by atoms with Crippen molar-refractivity contribution in [3.8, 4) is 5.75 Å². The van der Waals surface area contributed by atoms with Crippen molar-refractivity contribution < 1.29 is 14.1 Å². The summed E-state index contributed by atoms with van der Waals surface area (Å²) in [5.41, 5.74) is 2.73. The van der Waals surface area contributed by atoms with E-state index >= 15 is 0 Å². The van der Waals surface area contributed by atoms with Crippen LogP contribution in [0.3, 0.4) is 0 Å². The minimum absolute atomic E-state index is 0.232. The predicted molar refractivity (Wildman–Crippen MR) is 93.9 cm³/mol. The first-order valence-corrected chi connectivity index (χ1v) is 7.59. The van der Waals surface area contributed by atoms with Crippen LogP contribution in [0.4, 0.5) is 5.88 Å². The van der Waals surface area contributed by atoms with Gasteiger partial charge in [-0.25, -0.2) is 0 Å². The summed E-state index contributed by atoms with van der Waals surface area (Å²) in [5.74, 6) is 0.578. The highest BCUT2D eigenvalue weighted by Crippen LogP contribution is 2.39. The zero-order chi connectivity index (χ0) is 17.0. The lowest BCUT2D eigenvalue weighted by atomic mass is 9.91. The molecular weight excluding hydrogens is 306 g/mol. The van der Waals surface area contributed by atoms with Crippen molar-refractivity contribution in [2.24, 2.45) is 0 Å². The molecule has 1 heterocycles. The van der Waals surface area contributed by atoms with Crippen molar-refractivity contribution in [1.29, 1.82) is 0 Å². The minimum Gasteiger partial charge on any atom is -0.497 e. The predicted octanol–water partition coefficient (Wildman–Crippen LogP) is 5.27. The lowest BCUT2D eigenvalue weighted by Crippen LogP contribution is -1.90. The maximum Gasteiger partial charge on any atom is 0.434 e. The standard InChI is InChI=1S/C19H15NO4/c1-10-14-6-7-17-16(9-18(24-17)20(21)22)19(14)11(2)13-5-4-12(23-3)8-15(10)13/h4-9H,1-3H3. The van der Waals surface area contributed by atoms with Gasteiger partial charge < -0.3 is 9.15 Å². The molecule has 0 bridgehead atoms. The zero-order valence-corrected chi connectivity index (χ0v) is 13.5. The van der Waals surface area contributed by atoms with Crippen LogP contribution >= 0.6 is 0 Å². The van der Waals surface area contributed by atoms with Crippen LogP contribution in [0, 0.1) is 24.0 Å². The second kappa shape index (κ2) is 4.96. The van der Waals surface area contributed by atoms with Gasteiger partial charge >= 0.3 is 5.88 Å². The monoisotopic (exact) mass is 321 g/mol. The number of nitro groups is 1. The third-order valence-electron chi connectivity index (χ3n) is 4.68. The van der Waals surface area contributed by atoms with Gasteiger partial charge in [-0.05, 0) is 64.7 Å². The molecule has 0 fully saturated rings. The van der Waals surface area contributed by atoms with Crippen LogP contribution in [0.5, 0.6) is 5.75 Å². The Morgan fingerprint density at radius 1 is 0.958 bits per heavy atom. The molecule has 0 aliphatic rings. The molecule has 0 saturated carbocycles. The minimum atomic E-state index is -0.500. The van der Waals surface area contributed by atoms with Crippen LogP contribution in [-0.2, 0) is 0 Å². The van der Waals surface area contributed by atoms with Crippen LogP contribution < -0.4 is 4.74 Å². The highest BCUT2D eigenvalue weighted by Gasteiger charge is 2.18. The van der Waals surface area contributed by atoms with Gasteiger partial charge in [0.1, 0.15) is 16.3 Å². The summed E-state index contributed by atoms with van der Waals surface area (Å²) in [6.45, 7) is 4.10. The number of furan rings is 1. The van der Waals surface area contributed by atoms with Crippen LogP contribution in [-0.4, -0.2) is 12.0 Å². The molecule has 0 radical (unpaired) electrons. The summed E-state index contributed by atoms with van der Waals surface area (Å²) in [5, 5.41) is 16.1. The molecule has 120 valence electrons. The quantitative estimate of drug-likeness (QED) is 0.286. The van der Waals surface area contributed by atoms with Gasteiger partial charge in [0.2, 0.25) is 0 Å². The van der Waals surface area contributed by atoms with E-state index in [1.54, 1.807) is 13.2 Å². The highest BCUT2D eigenvalue weighted by molar-refractivity contribution is 6.16. The summed E-state index contributed by atoms with van der Waals surface area (Å²) in [7, 11) is 1.65. The van der Waals surface area contributed by atoms with Gasteiger partial charge in [-0.1, -0.05) is 12.1 Å². The summed E-state index contributed by atoms with van der Waals surface area (Å²) < 4.78 is 10.7. The smallest absolute Gasteiger partial charge is 0.434 e. The molecule has 0 spiro atoms. The Bertz CT molecular complexity index is 1140. The number of benzene rings is 3. The van der Waals surface area contributed by atoms with Crippen LogP contribution in [0.1, 0.15) is 11.1 Å². The van der Waals surface area contributed by atoms with Gasteiger partial charge in [0, 0.05) is 5.39 Å². The van der Waals surface area contributed by atoms with Crippen LogP contribution in [0.2, 0.25) is 0 Å². The second-order valence-electron chi connectivity index (χ2n) is 5.90. The van der Waals surface area contributed by atoms with Crippen LogP contribution in [0.15, 0.2) is 40.8 Å². The van der Waals surface area contributed by atoms with Crippen molar-refractivity contribution in [3.63, 3.8) is 0 Å². The first-order chi connectivity index (χ1) is 11.5. The van der Waals surface area contributed by atoms with Gasteiger partial charge in [0.05, 0.1) is 13.2 Å². The maximum atomic E-state index is 11.0. The Morgan fingerprint density at radius 3 is 2.42 bits per heavy atom. The van der Waals surface area contributed by atoms with Gasteiger partial charge in [-0.15, -0.1) is 0 Å². The molecule has 4 aromatic rings. The molecule has 5 nitrogen and oxygen atoms in total. The third kappa shape index (κ3) is 1.88. The molecule has 0 unspecified atom stereocenters. The van der Waals surface area contributed by atoms with E-state index in [4.69, 9.17) is 9.15 Å². The molecule has 5 heteroatoms. The topological polar surface area (TPSA) is 65.5 Å². The maximum absolute atomic E-state index is 11.0. The van der Waals surface area contributed by atoms with Crippen molar-refractivity contribution in [3.05, 3.63) is 57.6 Å². The number of nitrogens with zero attached hydrogens (tertiary/aromatic N) is 1. The van der Waals surface area contributed by atoms with Gasteiger partial charge in [-0.2, -0.15) is 0 Å². The molecular formula is C19H15NO4. The number of fused-ring (bicyclic) bond motifs is 4. The lowest BCUT2D eigenvalue weighted by molar-refractivity contribution is -0.401. The van der Waals surface area contributed by atoms with E-state index in [9.17, 15) is 10.1 Å². The second-order valence-corrected chi connectivity index (χ2v) is 5.90. The summed E-state index contributed by atoms with van der Waals surface area (Å²) in [6, 6.07) is 11.3. The molecule has 0 amide bonds. The van der Waals surface area contributed by atoms with Crippen molar-refractivity contribution in [2.45, 2.75) is 13.8 Å². The van der Waals surface area contributed by atoms with E-state index in [0.29, 0.717) is 5.58 Å². The summed E-state index contributed by atoms with van der Waals surface area (Å²) in [6.07, 6.45) is 0. The van der Waals surface area contributed by atoms with Gasteiger partial charge in [0.25, 0.3) is 0 Å². The Kier molecular flexibility index (Phi) is 3.00. The fourth-order valence-electron chi connectivity index (χ4n) is 3.47. The fraction of sp³-hybridized carbons (Fsp3) is 0.158.